The zero-order valence-electron chi connectivity index (χ0n) is 17.8. The molecule has 164 valence electrons. The van der Waals surface area contributed by atoms with Crippen LogP contribution in [-0.4, -0.2) is 57.5 Å². The Morgan fingerprint density at radius 3 is 2.52 bits per heavy atom. The number of benzene rings is 2. The molecule has 31 heavy (non-hydrogen) atoms. The summed E-state index contributed by atoms with van der Waals surface area (Å²) in [4.78, 5) is 40.6. The van der Waals surface area contributed by atoms with E-state index in [9.17, 15) is 14.4 Å². The van der Waals surface area contributed by atoms with Gasteiger partial charge in [0.25, 0.3) is 5.91 Å². The first kappa shape index (κ1) is 22.4. The summed E-state index contributed by atoms with van der Waals surface area (Å²) in [6.45, 7) is 0.213. The number of hydrogen-bond donors (Lipinski definition) is 1. The van der Waals surface area contributed by atoms with E-state index in [1.54, 1.807) is 51.5 Å². The summed E-state index contributed by atoms with van der Waals surface area (Å²) < 4.78 is 10.6. The fraction of sp³-hybridized carbons (Fsp3) is 0.318. The molecule has 2 aromatic rings. The number of methoxy groups -OCH3 is 2. The summed E-state index contributed by atoms with van der Waals surface area (Å²) in [5, 5.41) is 3.08. The SMILES string of the molecule is COc1ccc(N2CC(C(=O)Nc3ccc(Cl)c(C(=O)N(C)C)c3)CC2=O)c(OC)c1. The highest BCUT2D eigenvalue weighted by Crippen LogP contribution is 2.36. The number of hydrogen-bond acceptors (Lipinski definition) is 5. The van der Waals surface area contributed by atoms with Crippen molar-refractivity contribution >= 4 is 40.7 Å². The quantitative estimate of drug-likeness (QED) is 0.738. The highest BCUT2D eigenvalue weighted by atomic mass is 35.5. The Balaban J connectivity index is 1.76. The van der Waals surface area contributed by atoms with Gasteiger partial charge in [-0.1, -0.05) is 11.6 Å². The number of carbonyl (C=O) groups is 3. The largest absolute Gasteiger partial charge is 0.497 e. The molecule has 1 unspecified atom stereocenters. The predicted octanol–water partition coefficient (Wildman–Crippen LogP) is 3.05. The van der Waals surface area contributed by atoms with Crippen molar-refractivity contribution in [1.29, 1.82) is 0 Å². The van der Waals surface area contributed by atoms with E-state index in [0.29, 0.717) is 27.9 Å². The smallest absolute Gasteiger partial charge is 0.254 e. The molecule has 0 radical (unpaired) electrons. The van der Waals surface area contributed by atoms with Gasteiger partial charge in [-0.2, -0.15) is 0 Å². The van der Waals surface area contributed by atoms with E-state index in [4.69, 9.17) is 21.1 Å². The summed E-state index contributed by atoms with van der Waals surface area (Å²) in [7, 11) is 6.30. The van der Waals surface area contributed by atoms with Crippen LogP contribution in [0.3, 0.4) is 0 Å². The third-order valence-electron chi connectivity index (χ3n) is 5.04. The van der Waals surface area contributed by atoms with Gasteiger partial charge in [0.15, 0.2) is 0 Å². The summed E-state index contributed by atoms with van der Waals surface area (Å²) in [6, 6.07) is 9.86. The first-order valence-electron chi connectivity index (χ1n) is 9.59. The normalized spacial score (nSPS) is 15.6. The fourth-order valence-corrected chi connectivity index (χ4v) is 3.57. The molecule has 0 aromatic heterocycles. The van der Waals surface area contributed by atoms with Crippen LogP contribution < -0.4 is 19.7 Å². The van der Waals surface area contributed by atoms with Gasteiger partial charge in [-0.3, -0.25) is 14.4 Å². The maximum atomic E-state index is 12.8. The van der Waals surface area contributed by atoms with Crippen LogP contribution in [0.5, 0.6) is 11.5 Å². The Bertz CT molecular complexity index is 1020. The standard InChI is InChI=1S/C22H24ClN3O5/c1-25(2)22(29)16-10-14(5-7-17(16)23)24-21(28)13-9-20(27)26(12-13)18-8-6-15(30-3)11-19(18)31-4/h5-8,10-11,13H,9,12H2,1-4H3,(H,24,28). The van der Waals surface area contributed by atoms with Crippen LogP contribution in [0.4, 0.5) is 11.4 Å². The van der Waals surface area contributed by atoms with Crippen LogP contribution in [0.1, 0.15) is 16.8 Å². The molecular formula is C22H24ClN3O5. The Morgan fingerprint density at radius 1 is 1.13 bits per heavy atom. The molecular weight excluding hydrogens is 422 g/mol. The molecule has 3 amide bonds. The van der Waals surface area contributed by atoms with Crippen LogP contribution in [-0.2, 0) is 9.59 Å². The fourth-order valence-electron chi connectivity index (χ4n) is 3.38. The van der Waals surface area contributed by atoms with Crippen molar-refractivity contribution in [3.05, 3.63) is 47.0 Å². The first-order chi connectivity index (χ1) is 14.7. The third-order valence-corrected chi connectivity index (χ3v) is 5.37. The van der Waals surface area contributed by atoms with Crippen molar-refractivity contribution < 1.29 is 23.9 Å². The van der Waals surface area contributed by atoms with Crippen molar-refractivity contribution in [2.75, 3.05) is 45.1 Å². The summed E-state index contributed by atoms with van der Waals surface area (Å²) in [5.74, 6) is -0.222. The van der Waals surface area contributed by atoms with Crippen LogP contribution in [0.25, 0.3) is 0 Å². The van der Waals surface area contributed by atoms with Crippen LogP contribution in [0, 0.1) is 5.92 Å². The third kappa shape index (κ3) is 4.74. The molecule has 1 heterocycles. The molecule has 1 N–H and O–H groups in total. The van der Waals surface area contributed by atoms with Gasteiger partial charge >= 0.3 is 0 Å². The molecule has 2 aromatic carbocycles. The zero-order valence-corrected chi connectivity index (χ0v) is 18.5. The van der Waals surface area contributed by atoms with Gasteiger partial charge in [-0.25, -0.2) is 0 Å². The second kappa shape index (κ2) is 9.26. The van der Waals surface area contributed by atoms with Crippen molar-refractivity contribution in [2.45, 2.75) is 6.42 Å². The Morgan fingerprint density at radius 2 is 1.87 bits per heavy atom. The molecule has 1 saturated heterocycles. The molecule has 1 aliphatic heterocycles. The number of ether oxygens (including phenoxy) is 2. The van der Waals surface area contributed by atoms with Gasteiger partial charge < -0.3 is 24.6 Å². The lowest BCUT2D eigenvalue weighted by Gasteiger charge is -2.20. The summed E-state index contributed by atoms with van der Waals surface area (Å²) in [5.41, 5.74) is 1.30. The second-order valence-electron chi connectivity index (χ2n) is 7.33. The van der Waals surface area contributed by atoms with Gasteiger partial charge in [0.1, 0.15) is 11.5 Å². The van der Waals surface area contributed by atoms with Gasteiger partial charge in [-0.05, 0) is 30.3 Å². The Hall–Kier alpha value is -3.26. The van der Waals surface area contributed by atoms with Gasteiger partial charge in [-0.15, -0.1) is 0 Å². The average molecular weight is 446 g/mol. The minimum atomic E-state index is -0.553. The number of rotatable bonds is 6. The number of amides is 3. The lowest BCUT2D eigenvalue weighted by molar-refractivity contribution is -0.122. The van der Waals surface area contributed by atoms with Gasteiger partial charge in [0, 0.05) is 38.8 Å². The second-order valence-corrected chi connectivity index (χ2v) is 7.73. The molecule has 3 rings (SSSR count). The number of nitrogens with zero attached hydrogens (tertiary/aromatic N) is 2. The molecule has 1 atom stereocenters. The molecule has 9 heteroatoms. The van der Waals surface area contributed by atoms with Crippen LogP contribution in [0.2, 0.25) is 5.02 Å². The van der Waals surface area contributed by atoms with Gasteiger partial charge in [0.05, 0.1) is 36.4 Å². The number of anilines is 2. The number of nitrogens with one attached hydrogen (secondary N) is 1. The lowest BCUT2D eigenvalue weighted by atomic mass is 10.1. The van der Waals surface area contributed by atoms with E-state index in [-0.39, 0.29) is 36.3 Å². The predicted molar refractivity (Wildman–Crippen MR) is 118 cm³/mol. The van der Waals surface area contributed by atoms with Crippen LogP contribution in [0.15, 0.2) is 36.4 Å². The highest BCUT2D eigenvalue weighted by molar-refractivity contribution is 6.34. The van der Waals surface area contributed by atoms with Crippen LogP contribution >= 0.6 is 11.6 Å². The van der Waals surface area contributed by atoms with E-state index >= 15 is 0 Å². The van der Waals surface area contributed by atoms with Gasteiger partial charge in [0.2, 0.25) is 11.8 Å². The summed E-state index contributed by atoms with van der Waals surface area (Å²) >= 11 is 6.12. The topological polar surface area (TPSA) is 88.2 Å². The van der Waals surface area contributed by atoms with Crippen molar-refractivity contribution in [3.8, 4) is 11.5 Å². The van der Waals surface area contributed by atoms with Crippen molar-refractivity contribution in [2.24, 2.45) is 5.92 Å². The summed E-state index contributed by atoms with van der Waals surface area (Å²) in [6.07, 6.45) is 0.0676. The maximum absolute atomic E-state index is 12.8. The first-order valence-corrected chi connectivity index (χ1v) is 9.97. The molecule has 0 aliphatic carbocycles. The minimum Gasteiger partial charge on any atom is -0.497 e. The van der Waals surface area contributed by atoms with Crippen molar-refractivity contribution in [1.82, 2.24) is 4.90 Å². The molecule has 1 fully saturated rings. The number of halogens is 1. The Kier molecular flexibility index (Phi) is 6.70. The number of carbonyl (C=O) groups excluding carboxylic acids is 3. The minimum absolute atomic E-state index is 0.0676. The highest BCUT2D eigenvalue weighted by Gasteiger charge is 2.36. The Labute approximate surface area is 185 Å². The zero-order chi connectivity index (χ0) is 22.7. The molecule has 1 aliphatic rings. The van der Waals surface area contributed by atoms with E-state index in [2.05, 4.69) is 5.32 Å². The van der Waals surface area contributed by atoms with E-state index in [1.165, 1.54) is 23.0 Å². The van der Waals surface area contributed by atoms with Crippen molar-refractivity contribution in [3.63, 3.8) is 0 Å². The molecule has 0 bridgehead atoms. The average Bonchev–Trinajstić information content (AvgIpc) is 3.15. The maximum Gasteiger partial charge on any atom is 0.254 e. The molecule has 0 saturated carbocycles. The van der Waals surface area contributed by atoms with E-state index < -0.39 is 5.92 Å². The molecule has 8 nitrogen and oxygen atoms in total. The molecule has 0 spiro atoms. The monoisotopic (exact) mass is 445 g/mol. The van der Waals surface area contributed by atoms with E-state index in [1.807, 2.05) is 0 Å². The lowest BCUT2D eigenvalue weighted by Crippen LogP contribution is -2.28. The van der Waals surface area contributed by atoms with E-state index in [0.717, 1.165) is 0 Å².